The molecule has 0 unspecified atom stereocenters. The summed E-state index contributed by atoms with van der Waals surface area (Å²) in [4.78, 5) is 23.5. The summed E-state index contributed by atoms with van der Waals surface area (Å²) in [7, 11) is 0. The fourth-order valence-electron chi connectivity index (χ4n) is 1.75. The number of fused-ring (bicyclic) bond motifs is 1. The minimum absolute atomic E-state index is 0.153. The standard InChI is InChI=1S/C13H12O3/c1-2-16-13(15)11-8-7-9-5-3-4-6-10(9)12(11)14/h3-6,8H,2,7H2,1H3. The van der Waals surface area contributed by atoms with E-state index in [0.717, 1.165) is 5.56 Å². The minimum Gasteiger partial charge on any atom is -0.462 e. The molecule has 1 aromatic carbocycles. The van der Waals surface area contributed by atoms with Crippen molar-refractivity contribution in [2.45, 2.75) is 13.3 Å². The van der Waals surface area contributed by atoms with Crippen LogP contribution in [0.3, 0.4) is 0 Å². The van der Waals surface area contributed by atoms with Crippen LogP contribution in [0.15, 0.2) is 35.9 Å². The summed E-state index contributed by atoms with van der Waals surface area (Å²) in [5.41, 5.74) is 1.72. The molecule has 1 aromatic rings. The largest absolute Gasteiger partial charge is 0.462 e. The molecule has 3 heteroatoms. The molecule has 0 spiro atoms. The zero-order valence-corrected chi connectivity index (χ0v) is 9.03. The smallest absolute Gasteiger partial charge is 0.341 e. The number of benzene rings is 1. The van der Waals surface area contributed by atoms with Crippen molar-refractivity contribution in [2.75, 3.05) is 6.61 Å². The Morgan fingerprint density at radius 3 is 2.88 bits per heavy atom. The van der Waals surface area contributed by atoms with Gasteiger partial charge < -0.3 is 4.74 Å². The number of carbonyl (C=O) groups is 2. The summed E-state index contributed by atoms with van der Waals surface area (Å²) < 4.78 is 4.84. The third-order valence-electron chi connectivity index (χ3n) is 2.53. The normalized spacial score (nSPS) is 14.1. The highest BCUT2D eigenvalue weighted by Gasteiger charge is 2.25. The van der Waals surface area contributed by atoms with Crippen LogP contribution in [-0.2, 0) is 16.0 Å². The molecule has 3 nitrogen and oxygen atoms in total. The van der Waals surface area contributed by atoms with E-state index < -0.39 is 5.97 Å². The number of carbonyl (C=O) groups excluding carboxylic acids is 2. The predicted molar refractivity (Wildman–Crippen MR) is 59.2 cm³/mol. The lowest BCUT2D eigenvalue weighted by Crippen LogP contribution is -2.20. The van der Waals surface area contributed by atoms with Crippen LogP contribution >= 0.6 is 0 Å². The highest BCUT2D eigenvalue weighted by Crippen LogP contribution is 2.21. The molecule has 0 radical (unpaired) electrons. The molecular weight excluding hydrogens is 204 g/mol. The second-order valence-electron chi connectivity index (χ2n) is 3.53. The van der Waals surface area contributed by atoms with Crippen molar-refractivity contribution in [1.29, 1.82) is 0 Å². The molecule has 82 valence electrons. The van der Waals surface area contributed by atoms with Crippen molar-refractivity contribution in [3.8, 4) is 0 Å². The van der Waals surface area contributed by atoms with E-state index in [0.29, 0.717) is 12.0 Å². The monoisotopic (exact) mass is 216 g/mol. The summed E-state index contributed by atoms with van der Waals surface area (Å²) in [5.74, 6) is -0.762. The molecule has 0 saturated heterocycles. The Balaban J connectivity index is 2.32. The van der Waals surface area contributed by atoms with Gasteiger partial charge in [0.25, 0.3) is 0 Å². The Bertz CT molecular complexity index is 472. The van der Waals surface area contributed by atoms with Crippen molar-refractivity contribution in [2.24, 2.45) is 0 Å². The van der Waals surface area contributed by atoms with E-state index in [-0.39, 0.29) is 18.0 Å². The highest BCUT2D eigenvalue weighted by molar-refractivity contribution is 6.25. The Kier molecular flexibility index (Phi) is 2.86. The summed E-state index contributed by atoms with van der Waals surface area (Å²) in [6, 6.07) is 7.32. The molecule has 0 heterocycles. The zero-order valence-electron chi connectivity index (χ0n) is 9.03. The third-order valence-corrected chi connectivity index (χ3v) is 2.53. The maximum Gasteiger partial charge on any atom is 0.341 e. The van der Waals surface area contributed by atoms with Crippen molar-refractivity contribution in [3.63, 3.8) is 0 Å². The molecule has 0 bridgehead atoms. The molecule has 0 amide bonds. The number of Topliss-reactive ketones (excluding diaryl/α,β-unsaturated/α-hetero) is 1. The second kappa shape index (κ2) is 4.31. The molecule has 0 aromatic heterocycles. The van der Waals surface area contributed by atoms with Crippen molar-refractivity contribution < 1.29 is 14.3 Å². The van der Waals surface area contributed by atoms with Crippen LogP contribution in [0.2, 0.25) is 0 Å². The number of hydrogen-bond donors (Lipinski definition) is 0. The summed E-state index contributed by atoms with van der Waals surface area (Å²) in [6.07, 6.45) is 2.25. The van der Waals surface area contributed by atoms with Crippen LogP contribution in [0.5, 0.6) is 0 Å². The van der Waals surface area contributed by atoms with Crippen LogP contribution in [0, 0.1) is 0 Å². The van der Waals surface area contributed by atoms with E-state index in [9.17, 15) is 9.59 Å². The van der Waals surface area contributed by atoms with Crippen LogP contribution in [0.1, 0.15) is 22.8 Å². The van der Waals surface area contributed by atoms with E-state index in [1.165, 1.54) is 0 Å². The molecule has 0 atom stereocenters. The molecule has 0 N–H and O–H groups in total. The van der Waals surface area contributed by atoms with Gasteiger partial charge in [0.15, 0.2) is 5.78 Å². The van der Waals surface area contributed by atoms with Gasteiger partial charge in [0, 0.05) is 5.56 Å². The fraction of sp³-hybridized carbons (Fsp3) is 0.231. The maximum atomic E-state index is 12.0. The van der Waals surface area contributed by atoms with Crippen LogP contribution in [-0.4, -0.2) is 18.4 Å². The van der Waals surface area contributed by atoms with Crippen molar-refractivity contribution >= 4 is 11.8 Å². The van der Waals surface area contributed by atoms with Gasteiger partial charge in [0.1, 0.15) is 5.57 Å². The number of hydrogen-bond acceptors (Lipinski definition) is 3. The molecule has 0 fully saturated rings. The Labute approximate surface area is 93.7 Å². The van der Waals surface area contributed by atoms with E-state index in [4.69, 9.17) is 4.74 Å². The topological polar surface area (TPSA) is 43.4 Å². The first-order chi connectivity index (χ1) is 7.74. The molecule has 16 heavy (non-hydrogen) atoms. The lowest BCUT2D eigenvalue weighted by atomic mass is 9.90. The van der Waals surface area contributed by atoms with Crippen molar-refractivity contribution in [1.82, 2.24) is 0 Å². The van der Waals surface area contributed by atoms with Gasteiger partial charge in [-0.1, -0.05) is 30.3 Å². The van der Waals surface area contributed by atoms with Gasteiger partial charge in [-0.25, -0.2) is 4.79 Å². The first-order valence-corrected chi connectivity index (χ1v) is 5.24. The quantitative estimate of drug-likeness (QED) is 0.560. The summed E-state index contributed by atoms with van der Waals surface area (Å²) >= 11 is 0. The van der Waals surface area contributed by atoms with E-state index >= 15 is 0 Å². The number of ether oxygens (including phenoxy) is 1. The number of esters is 1. The summed E-state index contributed by atoms with van der Waals surface area (Å²) in [6.45, 7) is 2.00. The van der Waals surface area contributed by atoms with Crippen LogP contribution in [0.25, 0.3) is 0 Å². The van der Waals surface area contributed by atoms with Gasteiger partial charge in [0.2, 0.25) is 0 Å². The van der Waals surface area contributed by atoms with Crippen LogP contribution < -0.4 is 0 Å². The second-order valence-corrected chi connectivity index (χ2v) is 3.53. The first kappa shape index (κ1) is 10.6. The van der Waals surface area contributed by atoms with E-state index in [1.807, 2.05) is 12.1 Å². The van der Waals surface area contributed by atoms with E-state index in [1.54, 1.807) is 25.1 Å². The molecule has 0 saturated carbocycles. The van der Waals surface area contributed by atoms with Gasteiger partial charge in [-0.3, -0.25) is 4.79 Å². The number of allylic oxidation sites excluding steroid dienone is 1. The first-order valence-electron chi connectivity index (χ1n) is 5.24. The third kappa shape index (κ3) is 1.76. The summed E-state index contributed by atoms with van der Waals surface area (Å²) in [5, 5.41) is 0. The molecule has 1 aliphatic rings. The molecular formula is C13H12O3. The predicted octanol–water partition coefficient (Wildman–Crippen LogP) is 1.91. The van der Waals surface area contributed by atoms with Gasteiger partial charge in [-0.05, 0) is 18.9 Å². The highest BCUT2D eigenvalue weighted by atomic mass is 16.5. The zero-order chi connectivity index (χ0) is 11.5. The van der Waals surface area contributed by atoms with Gasteiger partial charge in [0.05, 0.1) is 6.61 Å². The van der Waals surface area contributed by atoms with Gasteiger partial charge in [-0.2, -0.15) is 0 Å². The Morgan fingerprint density at radius 1 is 1.38 bits per heavy atom. The van der Waals surface area contributed by atoms with Crippen LogP contribution in [0.4, 0.5) is 0 Å². The van der Waals surface area contributed by atoms with E-state index in [2.05, 4.69) is 0 Å². The average molecular weight is 216 g/mol. The molecule has 2 rings (SSSR count). The van der Waals surface area contributed by atoms with Gasteiger partial charge in [-0.15, -0.1) is 0 Å². The Morgan fingerprint density at radius 2 is 2.12 bits per heavy atom. The Hall–Kier alpha value is -1.90. The SMILES string of the molecule is CCOC(=O)C1=CCc2ccccc2C1=O. The lowest BCUT2D eigenvalue weighted by molar-refractivity contribution is -0.138. The number of ketones is 1. The lowest BCUT2D eigenvalue weighted by Gasteiger charge is -2.14. The molecule has 0 aliphatic heterocycles. The van der Waals surface area contributed by atoms with Crippen molar-refractivity contribution in [3.05, 3.63) is 47.0 Å². The maximum absolute atomic E-state index is 12.0. The minimum atomic E-state index is -0.526. The fourth-order valence-corrected chi connectivity index (χ4v) is 1.75. The van der Waals surface area contributed by atoms with Gasteiger partial charge >= 0.3 is 5.97 Å². The number of rotatable bonds is 2. The molecule has 1 aliphatic carbocycles. The average Bonchev–Trinajstić information content (AvgIpc) is 2.30.